The molecule has 1 amide bonds. The number of anilines is 1. The fraction of sp³-hybridized carbons (Fsp3) is 0.125. The van der Waals surface area contributed by atoms with E-state index >= 15 is 0 Å². The fourth-order valence-electron chi connectivity index (χ4n) is 2.03. The number of phenolic OH excluding ortho intramolecular Hbond substituents is 1. The lowest BCUT2D eigenvalue weighted by Gasteiger charge is -2.10. The van der Waals surface area contributed by atoms with Gasteiger partial charge in [-0.05, 0) is 30.3 Å². The highest BCUT2D eigenvalue weighted by molar-refractivity contribution is 6.30. The number of halogens is 4. The first kappa shape index (κ1) is 21.0. The maximum Gasteiger partial charge on any atom is 0.416 e. The predicted octanol–water partition coefficient (Wildman–Crippen LogP) is 3.53. The molecule has 8 nitrogen and oxygen atoms in total. The SMILES string of the molecule is O=C(CNc1ccc(C(F)(F)F)cc1[N+](=O)[O-])N/N=C/c1cc(Cl)ccc1O. The summed E-state index contributed by atoms with van der Waals surface area (Å²) in [5, 5.41) is 26.9. The number of nitrogens with one attached hydrogen (secondary N) is 2. The van der Waals surface area contributed by atoms with E-state index in [2.05, 4.69) is 15.8 Å². The third kappa shape index (κ3) is 5.58. The number of nitrogens with zero attached hydrogens (tertiary/aromatic N) is 2. The van der Waals surface area contributed by atoms with E-state index in [1.807, 2.05) is 0 Å². The van der Waals surface area contributed by atoms with E-state index in [4.69, 9.17) is 11.6 Å². The van der Waals surface area contributed by atoms with Gasteiger partial charge in [0.2, 0.25) is 0 Å². The van der Waals surface area contributed by atoms with Crippen LogP contribution in [0, 0.1) is 10.1 Å². The maximum atomic E-state index is 12.7. The molecule has 0 bridgehead atoms. The lowest BCUT2D eigenvalue weighted by atomic mass is 10.1. The van der Waals surface area contributed by atoms with E-state index in [0.29, 0.717) is 17.2 Å². The van der Waals surface area contributed by atoms with Crippen LogP contribution in [-0.4, -0.2) is 28.7 Å². The van der Waals surface area contributed by atoms with Gasteiger partial charge in [0.25, 0.3) is 11.6 Å². The van der Waals surface area contributed by atoms with Gasteiger partial charge in [0.05, 0.1) is 23.2 Å². The lowest BCUT2D eigenvalue weighted by molar-refractivity contribution is -0.384. The van der Waals surface area contributed by atoms with Gasteiger partial charge in [0, 0.05) is 16.7 Å². The van der Waals surface area contributed by atoms with E-state index in [-0.39, 0.29) is 17.0 Å². The molecule has 0 radical (unpaired) electrons. The Morgan fingerprint density at radius 1 is 1.29 bits per heavy atom. The number of amides is 1. The molecule has 2 rings (SSSR count). The molecule has 0 aliphatic carbocycles. The van der Waals surface area contributed by atoms with Gasteiger partial charge in [-0.15, -0.1) is 0 Å². The number of carbonyl (C=O) groups is 1. The van der Waals surface area contributed by atoms with Gasteiger partial charge in [-0.25, -0.2) is 5.43 Å². The minimum Gasteiger partial charge on any atom is -0.507 e. The van der Waals surface area contributed by atoms with Crippen LogP contribution in [0.5, 0.6) is 5.75 Å². The highest BCUT2D eigenvalue weighted by Gasteiger charge is 2.33. The molecule has 0 fully saturated rings. The number of alkyl halides is 3. The molecule has 0 saturated heterocycles. The van der Waals surface area contributed by atoms with Crippen molar-refractivity contribution in [3.63, 3.8) is 0 Å². The number of nitro benzene ring substituents is 1. The molecular formula is C16H12ClF3N4O4. The highest BCUT2D eigenvalue weighted by atomic mass is 35.5. The average molecular weight is 417 g/mol. The Hall–Kier alpha value is -3.34. The maximum absolute atomic E-state index is 12.7. The van der Waals surface area contributed by atoms with Crippen molar-refractivity contribution in [3.8, 4) is 5.75 Å². The quantitative estimate of drug-likeness (QED) is 0.378. The van der Waals surface area contributed by atoms with E-state index in [0.717, 1.165) is 12.3 Å². The zero-order valence-corrected chi connectivity index (χ0v) is 14.6. The number of hydrogen-bond acceptors (Lipinski definition) is 6. The van der Waals surface area contributed by atoms with Crippen LogP contribution in [0.25, 0.3) is 0 Å². The van der Waals surface area contributed by atoms with Crippen molar-refractivity contribution < 1.29 is 28.0 Å². The Bertz CT molecular complexity index is 935. The summed E-state index contributed by atoms with van der Waals surface area (Å²) in [6.45, 7) is -0.495. The molecule has 28 heavy (non-hydrogen) atoms. The van der Waals surface area contributed by atoms with Gasteiger partial charge < -0.3 is 10.4 Å². The first-order valence-electron chi connectivity index (χ1n) is 7.48. The van der Waals surface area contributed by atoms with Crippen LogP contribution in [0.3, 0.4) is 0 Å². The normalized spacial score (nSPS) is 11.4. The number of benzene rings is 2. The van der Waals surface area contributed by atoms with Crippen molar-refractivity contribution in [2.45, 2.75) is 6.18 Å². The molecule has 0 aliphatic rings. The summed E-state index contributed by atoms with van der Waals surface area (Å²) in [5.41, 5.74) is 0.0675. The van der Waals surface area contributed by atoms with Crippen molar-refractivity contribution in [3.05, 3.63) is 62.7 Å². The summed E-state index contributed by atoms with van der Waals surface area (Å²) < 4.78 is 38.0. The third-order valence-electron chi connectivity index (χ3n) is 3.34. The smallest absolute Gasteiger partial charge is 0.416 e. The number of phenols is 1. The summed E-state index contributed by atoms with van der Waals surface area (Å²) in [7, 11) is 0. The van der Waals surface area contributed by atoms with Crippen molar-refractivity contribution in [2.24, 2.45) is 5.10 Å². The first-order chi connectivity index (χ1) is 13.1. The van der Waals surface area contributed by atoms with Crippen LogP contribution in [0.4, 0.5) is 24.5 Å². The average Bonchev–Trinajstić information content (AvgIpc) is 2.61. The second kappa shape index (κ2) is 8.57. The second-order valence-electron chi connectivity index (χ2n) is 5.34. The molecule has 2 aromatic carbocycles. The van der Waals surface area contributed by atoms with E-state index in [1.54, 1.807) is 0 Å². The molecule has 0 aliphatic heterocycles. The Labute approximate surface area is 160 Å². The molecule has 12 heteroatoms. The molecule has 0 atom stereocenters. The van der Waals surface area contributed by atoms with Gasteiger partial charge in [-0.1, -0.05) is 11.6 Å². The lowest BCUT2D eigenvalue weighted by Crippen LogP contribution is -2.26. The monoisotopic (exact) mass is 416 g/mol. The van der Waals surface area contributed by atoms with Crippen LogP contribution >= 0.6 is 11.6 Å². The Morgan fingerprint density at radius 2 is 2.00 bits per heavy atom. The minimum atomic E-state index is -4.73. The molecule has 148 valence electrons. The van der Waals surface area contributed by atoms with Crippen LogP contribution in [0.2, 0.25) is 5.02 Å². The van der Waals surface area contributed by atoms with Gasteiger partial charge in [-0.3, -0.25) is 14.9 Å². The van der Waals surface area contributed by atoms with E-state index < -0.39 is 34.8 Å². The van der Waals surface area contributed by atoms with Gasteiger partial charge in [0.15, 0.2) is 0 Å². The summed E-state index contributed by atoms with van der Waals surface area (Å²) in [6, 6.07) is 6.08. The zero-order chi connectivity index (χ0) is 20.9. The molecule has 3 N–H and O–H groups in total. The van der Waals surface area contributed by atoms with E-state index in [9.17, 15) is 33.2 Å². The van der Waals surface area contributed by atoms with Crippen LogP contribution in [-0.2, 0) is 11.0 Å². The number of hydrazone groups is 1. The molecule has 2 aromatic rings. The Morgan fingerprint density at radius 3 is 2.64 bits per heavy atom. The van der Waals surface area contributed by atoms with Crippen molar-refractivity contribution in [1.82, 2.24) is 5.43 Å². The summed E-state index contributed by atoms with van der Waals surface area (Å²) >= 11 is 5.76. The largest absolute Gasteiger partial charge is 0.507 e. The summed E-state index contributed by atoms with van der Waals surface area (Å²) in [4.78, 5) is 21.7. The molecular weight excluding hydrogens is 405 g/mol. The minimum absolute atomic E-state index is 0.124. The van der Waals surface area contributed by atoms with Crippen molar-refractivity contribution in [2.75, 3.05) is 11.9 Å². The molecule has 0 saturated carbocycles. The number of rotatable bonds is 6. The number of nitro groups is 1. The predicted molar refractivity (Wildman–Crippen MR) is 95.4 cm³/mol. The first-order valence-corrected chi connectivity index (χ1v) is 7.85. The van der Waals surface area contributed by atoms with Crippen LogP contribution in [0.15, 0.2) is 41.5 Å². The molecule has 0 spiro atoms. The third-order valence-corrected chi connectivity index (χ3v) is 3.58. The number of carbonyl (C=O) groups excluding carboxylic acids is 1. The highest BCUT2D eigenvalue weighted by Crippen LogP contribution is 2.34. The number of hydrogen-bond donors (Lipinski definition) is 3. The molecule has 0 unspecified atom stereocenters. The Balaban J connectivity index is 2.01. The standard InChI is InChI=1S/C16H12ClF3N4O4/c17-11-2-4-14(25)9(5-11)7-22-23-15(26)8-21-12-3-1-10(16(18,19)20)6-13(12)24(27)28/h1-7,21,25H,8H2,(H,23,26)/b22-7+. The van der Waals surface area contributed by atoms with E-state index in [1.165, 1.54) is 18.2 Å². The van der Waals surface area contributed by atoms with Crippen LogP contribution in [0.1, 0.15) is 11.1 Å². The van der Waals surface area contributed by atoms with Crippen LogP contribution < -0.4 is 10.7 Å². The van der Waals surface area contributed by atoms with Gasteiger partial charge in [-0.2, -0.15) is 18.3 Å². The summed E-state index contributed by atoms with van der Waals surface area (Å²) in [5.74, 6) is -0.854. The van der Waals surface area contributed by atoms with Crippen molar-refractivity contribution >= 4 is 35.1 Å². The topological polar surface area (TPSA) is 117 Å². The molecule has 0 heterocycles. The van der Waals surface area contributed by atoms with Crippen molar-refractivity contribution in [1.29, 1.82) is 0 Å². The summed E-state index contributed by atoms with van der Waals surface area (Å²) in [6.07, 6.45) is -3.61. The molecule has 0 aromatic heterocycles. The fourth-order valence-corrected chi connectivity index (χ4v) is 2.21. The number of aromatic hydroxyl groups is 1. The Kier molecular flexibility index (Phi) is 6.41. The van der Waals surface area contributed by atoms with Gasteiger partial charge in [0.1, 0.15) is 11.4 Å². The second-order valence-corrected chi connectivity index (χ2v) is 5.77. The zero-order valence-electron chi connectivity index (χ0n) is 13.8. The van der Waals surface area contributed by atoms with Gasteiger partial charge >= 0.3 is 6.18 Å².